The van der Waals surface area contributed by atoms with Crippen molar-refractivity contribution < 1.29 is 14.3 Å². The number of hydrogen-bond acceptors (Lipinski definition) is 4. The number of rotatable bonds is 5. The normalized spacial score (nSPS) is 16.6. The van der Waals surface area contributed by atoms with Crippen LogP contribution in [0.2, 0.25) is 0 Å². The predicted octanol–water partition coefficient (Wildman–Crippen LogP) is 3.52. The van der Waals surface area contributed by atoms with Gasteiger partial charge in [-0.05, 0) is 49.0 Å². The summed E-state index contributed by atoms with van der Waals surface area (Å²) in [7, 11) is 3.18. The monoisotopic (exact) mass is 368 g/mol. The van der Waals surface area contributed by atoms with E-state index in [1.54, 1.807) is 37.3 Å². The summed E-state index contributed by atoms with van der Waals surface area (Å²) < 4.78 is 10.6. The molecule has 6 heteroatoms. The van der Waals surface area contributed by atoms with Crippen molar-refractivity contribution >= 4 is 29.3 Å². The Morgan fingerprint density at radius 2 is 1.85 bits per heavy atom. The molecular weight excluding hydrogens is 348 g/mol. The molecule has 2 aromatic rings. The maximum Gasteiger partial charge on any atom is 0.277 e. The second kappa shape index (κ2) is 7.58. The van der Waals surface area contributed by atoms with Crippen molar-refractivity contribution in [3.8, 4) is 11.5 Å². The van der Waals surface area contributed by atoms with Crippen LogP contribution in [0.3, 0.4) is 0 Å². The van der Waals surface area contributed by atoms with Crippen LogP contribution in [0.25, 0.3) is 6.08 Å². The Balaban J connectivity index is 1.93. The lowest BCUT2D eigenvalue weighted by atomic mass is 10.1. The summed E-state index contributed by atoms with van der Waals surface area (Å²) >= 11 is 5.39. The average Bonchev–Trinajstić information content (AvgIpc) is 2.95. The van der Waals surface area contributed by atoms with Crippen molar-refractivity contribution in [2.45, 2.75) is 13.0 Å². The first-order valence-corrected chi connectivity index (χ1v) is 8.59. The molecule has 0 spiro atoms. The fourth-order valence-electron chi connectivity index (χ4n) is 2.89. The van der Waals surface area contributed by atoms with Crippen LogP contribution < -0.4 is 14.8 Å². The van der Waals surface area contributed by atoms with Crippen molar-refractivity contribution in [3.05, 3.63) is 65.4 Å². The third-order valence-corrected chi connectivity index (χ3v) is 4.61. The van der Waals surface area contributed by atoms with Crippen molar-refractivity contribution in [1.29, 1.82) is 0 Å². The molecule has 5 nitrogen and oxygen atoms in total. The Bertz CT molecular complexity index is 865. The highest BCUT2D eigenvalue weighted by atomic mass is 32.1. The molecule has 3 rings (SSSR count). The van der Waals surface area contributed by atoms with Gasteiger partial charge in [-0.1, -0.05) is 30.3 Å². The Morgan fingerprint density at radius 1 is 1.12 bits per heavy atom. The third kappa shape index (κ3) is 3.41. The summed E-state index contributed by atoms with van der Waals surface area (Å²) in [4.78, 5) is 14.5. The van der Waals surface area contributed by atoms with E-state index in [2.05, 4.69) is 5.32 Å². The highest BCUT2D eigenvalue weighted by molar-refractivity contribution is 7.80. The smallest absolute Gasteiger partial charge is 0.277 e. The molecule has 2 aromatic carbocycles. The maximum absolute atomic E-state index is 12.9. The van der Waals surface area contributed by atoms with E-state index in [1.165, 1.54) is 0 Å². The molecule has 1 aliphatic heterocycles. The topological polar surface area (TPSA) is 50.8 Å². The number of amides is 1. The number of benzene rings is 2. The second-order valence-corrected chi connectivity index (χ2v) is 6.24. The molecule has 0 aromatic heterocycles. The molecule has 0 saturated carbocycles. The van der Waals surface area contributed by atoms with Crippen molar-refractivity contribution in [2.24, 2.45) is 0 Å². The van der Waals surface area contributed by atoms with Crippen LogP contribution in [0.5, 0.6) is 11.5 Å². The van der Waals surface area contributed by atoms with Gasteiger partial charge in [0.05, 0.1) is 20.3 Å². The molecule has 1 amide bonds. The zero-order chi connectivity index (χ0) is 18.7. The number of methoxy groups -OCH3 is 2. The summed E-state index contributed by atoms with van der Waals surface area (Å²) in [6.45, 7) is 1.95. The minimum Gasteiger partial charge on any atom is -0.497 e. The molecule has 1 saturated heterocycles. The molecule has 0 bridgehead atoms. The van der Waals surface area contributed by atoms with Gasteiger partial charge in [0.1, 0.15) is 17.2 Å². The average molecular weight is 368 g/mol. The van der Waals surface area contributed by atoms with Gasteiger partial charge < -0.3 is 14.8 Å². The van der Waals surface area contributed by atoms with E-state index in [0.29, 0.717) is 22.3 Å². The minimum absolute atomic E-state index is 0.165. The lowest BCUT2D eigenvalue weighted by Crippen LogP contribution is -2.33. The zero-order valence-electron chi connectivity index (χ0n) is 14.9. The first-order chi connectivity index (χ1) is 12.5. The number of nitrogens with zero attached hydrogens (tertiary/aromatic N) is 1. The van der Waals surface area contributed by atoms with Gasteiger partial charge in [0.25, 0.3) is 5.91 Å². The SMILES string of the molecule is COc1ccc(OC)c(/C=C2\NC(=S)N(C(C)c3ccccc3)C2=O)c1. The van der Waals surface area contributed by atoms with Gasteiger partial charge in [-0.15, -0.1) is 0 Å². The van der Waals surface area contributed by atoms with Gasteiger partial charge >= 0.3 is 0 Å². The number of hydrogen-bond donors (Lipinski definition) is 1. The molecular formula is C20H20N2O3S. The number of carbonyl (C=O) groups is 1. The Hall–Kier alpha value is -2.86. The summed E-state index contributed by atoms with van der Waals surface area (Å²) in [6, 6.07) is 15.0. The van der Waals surface area contributed by atoms with E-state index in [0.717, 1.165) is 11.1 Å². The van der Waals surface area contributed by atoms with Gasteiger partial charge in [-0.25, -0.2) is 0 Å². The second-order valence-electron chi connectivity index (χ2n) is 5.86. The predicted molar refractivity (Wildman–Crippen MR) is 105 cm³/mol. The highest BCUT2D eigenvalue weighted by Crippen LogP contribution is 2.29. The van der Waals surface area contributed by atoms with Crippen LogP contribution in [-0.2, 0) is 4.79 Å². The summed E-state index contributed by atoms with van der Waals surface area (Å²) in [5, 5.41) is 3.40. The molecule has 1 fully saturated rings. The van der Waals surface area contributed by atoms with Crippen molar-refractivity contribution in [3.63, 3.8) is 0 Å². The number of carbonyl (C=O) groups excluding carboxylic acids is 1. The van der Waals surface area contributed by atoms with E-state index in [9.17, 15) is 4.79 Å². The van der Waals surface area contributed by atoms with Crippen LogP contribution in [0.4, 0.5) is 0 Å². The maximum atomic E-state index is 12.9. The summed E-state index contributed by atoms with van der Waals surface area (Å²) in [5.41, 5.74) is 2.16. The zero-order valence-corrected chi connectivity index (χ0v) is 15.7. The largest absolute Gasteiger partial charge is 0.497 e. The minimum atomic E-state index is -0.170. The van der Waals surface area contributed by atoms with E-state index in [4.69, 9.17) is 21.7 Å². The standard InChI is InChI=1S/C20H20N2O3S/c1-13(14-7-5-4-6-8-14)22-19(23)17(21-20(22)26)12-15-11-16(24-2)9-10-18(15)25-3/h4-13H,1-3H3,(H,21,26)/b17-12-. The van der Waals surface area contributed by atoms with Crippen molar-refractivity contribution in [2.75, 3.05) is 14.2 Å². The molecule has 1 N–H and O–H groups in total. The Morgan fingerprint density at radius 3 is 2.50 bits per heavy atom. The molecule has 0 aliphatic carbocycles. The molecule has 1 unspecified atom stereocenters. The van der Waals surface area contributed by atoms with Gasteiger partial charge in [0, 0.05) is 5.56 Å². The van der Waals surface area contributed by atoms with E-state index < -0.39 is 0 Å². The van der Waals surface area contributed by atoms with Gasteiger partial charge in [-0.3, -0.25) is 9.69 Å². The van der Waals surface area contributed by atoms with Crippen LogP contribution >= 0.6 is 12.2 Å². The number of ether oxygens (including phenoxy) is 2. The van der Waals surface area contributed by atoms with Crippen LogP contribution in [-0.4, -0.2) is 30.1 Å². The third-order valence-electron chi connectivity index (χ3n) is 4.32. The fraction of sp³-hybridized carbons (Fsp3) is 0.200. The molecule has 1 aliphatic rings. The first-order valence-electron chi connectivity index (χ1n) is 8.18. The molecule has 134 valence electrons. The Labute approximate surface area is 158 Å². The Kier molecular flexibility index (Phi) is 5.23. The lowest BCUT2D eigenvalue weighted by Gasteiger charge is -2.23. The number of nitrogens with one attached hydrogen (secondary N) is 1. The summed E-state index contributed by atoms with van der Waals surface area (Å²) in [5.74, 6) is 1.16. The van der Waals surface area contributed by atoms with Gasteiger partial charge in [0.15, 0.2) is 5.11 Å². The fourth-order valence-corrected chi connectivity index (χ4v) is 3.24. The van der Waals surface area contributed by atoms with E-state index in [-0.39, 0.29) is 11.9 Å². The van der Waals surface area contributed by atoms with Gasteiger partial charge in [-0.2, -0.15) is 0 Å². The molecule has 26 heavy (non-hydrogen) atoms. The van der Waals surface area contributed by atoms with Crippen LogP contribution in [0.15, 0.2) is 54.2 Å². The summed E-state index contributed by atoms with van der Waals surface area (Å²) in [6.07, 6.45) is 1.73. The lowest BCUT2D eigenvalue weighted by molar-refractivity contribution is -0.123. The highest BCUT2D eigenvalue weighted by Gasteiger charge is 2.34. The number of thiocarbonyl (C=S) groups is 1. The first kappa shape index (κ1) is 17.9. The van der Waals surface area contributed by atoms with Gasteiger partial charge in [0.2, 0.25) is 0 Å². The quantitative estimate of drug-likeness (QED) is 0.646. The van der Waals surface area contributed by atoms with Crippen molar-refractivity contribution in [1.82, 2.24) is 10.2 Å². The molecule has 1 atom stereocenters. The van der Waals surface area contributed by atoms with E-state index in [1.807, 2.05) is 43.3 Å². The molecule has 1 heterocycles. The van der Waals surface area contributed by atoms with E-state index >= 15 is 0 Å². The molecule has 0 radical (unpaired) electrons. The van der Waals surface area contributed by atoms with Crippen LogP contribution in [0, 0.1) is 0 Å². The van der Waals surface area contributed by atoms with Crippen LogP contribution in [0.1, 0.15) is 24.1 Å².